The van der Waals surface area contributed by atoms with Gasteiger partial charge in [0.2, 0.25) is 5.91 Å². The number of nitrogens with one attached hydrogen (secondary N) is 2. The number of nitrogens with zero attached hydrogens (tertiary/aromatic N) is 1. The summed E-state index contributed by atoms with van der Waals surface area (Å²) in [6.45, 7) is 6.31. The Hall–Kier alpha value is -0.610. The van der Waals surface area contributed by atoms with Crippen LogP contribution in [0.2, 0.25) is 0 Å². The number of carbonyl (C=O) groups excluding carboxylic acids is 1. The van der Waals surface area contributed by atoms with Crippen LogP contribution in [0.3, 0.4) is 0 Å². The highest BCUT2D eigenvalue weighted by molar-refractivity contribution is 5.82. The van der Waals surface area contributed by atoms with E-state index >= 15 is 0 Å². The maximum atomic E-state index is 12.2. The van der Waals surface area contributed by atoms with Crippen molar-refractivity contribution >= 4 is 5.91 Å². The van der Waals surface area contributed by atoms with E-state index in [9.17, 15) is 4.79 Å². The molecule has 2 aliphatic rings. The van der Waals surface area contributed by atoms with Crippen LogP contribution in [0.1, 0.15) is 45.4 Å². The number of rotatable bonds is 5. The average Bonchev–Trinajstić information content (AvgIpc) is 2.89. The molecule has 0 spiro atoms. The smallest absolute Gasteiger partial charge is 0.237 e. The lowest BCUT2D eigenvalue weighted by Crippen LogP contribution is -2.50. The second-order valence-corrected chi connectivity index (χ2v) is 5.52. The van der Waals surface area contributed by atoms with Gasteiger partial charge in [0.05, 0.1) is 6.04 Å². The summed E-state index contributed by atoms with van der Waals surface area (Å²) in [6, 6.07) is 0.764. The quantitative estimate of drug-likeness (QED) is 0.722. The third kappa shape index (κ3) is 3.45. The van der Waals surface area contributed by atoms with Crippen molar-refractivity contribution in [1.29, 1.82) is 0 Å². The molecule has 4 nitrogen and oxygen atoms in total. The molecule has 0 aromatic rings. The average molecular weight is 253 g/mol. The standard InChI is InChI=1S/C14H27N3O/c1-2-3-8-16-14(18)13-5-4-11-17(13)12-6-9-15-10-7-12/h12-13,15H,2-11H2,1H3,(H,16,18). The van der Waals surface area contributed by atoms with Gasteiger partial charge in [0, 0.05) is 12.6 Å². The van der Waals surface area contributed by atoms with E-state index in [4.69, 9.17) is 0 Å². The van der Waals surface area contributed by atoms with Gasteiger partial charge in [-0.1, -0.05) is 13.3 Å². The Morgan fingerprint density at radius 3 is 2.83 bits per heavy atom. The topological polar surface area (TPSA) is 44.4 Å². The van der Waals surface area contributed by atoms with Gasteiger partial charge in [-0.15, -0.1) is 0 Å². The number of hydrogen-bond acceptors (Lipinski definition) is 3. The van der Waals surface area contributed by atoms with Crippen molar-refractivity contribution in [3.8, 4) is 0 Å². The molecular formula is C14H27N3O. The lowest BCUT2D eigenvalue weighted by atomic mass is 10.0. The molecule has 0 aromatic carbocycles. The minimum Gasteiger partial charge on any atom is -0.355 e. The van der Waals surface area contributed by atoms with Gasteiger partial charge in [0.15, 0.2) is 0 Å². The van der Waals surface area contributed by atoms with Gasteiger partial charge in [-0.2, -0.15) is 0 Å². The Morgan fingerprint density at radius 2 is 2.11 bits per heavy atom. The molecule has 2 rings (SSSR count). The second kappa shape index (κ2) is 7.10. The number of carbonyl (C=O) groups is 1. The van der Waals surface area contributed by atoms with Crippen LogP contribution >= 0.6 is 0 Å². The molecule has 4 heteroatoms. The van der Waals surface area contributed by atoms with Crippen LogP contribution in [0, 0.1) is 0 Å². The number of hydrogen-bond donors (Lipinski definition) is 2. The zero-order valence-electron chi connectivity index (χ0n) is 11.6. The van der Waals surface area contributed by atoms with E-state index in [1.54, 1.807) is 0 Å². The first-order valence-electron chi connectivity index (χ1n) is 7.57. The van der Waals surface area contributed by atoms with Crippen LogP contribution in [0.25, 0.3) is 0 Å². The third-order valence-corrected chi connectivity index (χ3v) is 4.20. The van der Waals surface area contributed by atoms with Crippen molar-refractivity contribution in [1.82, 2.24) is 15.5 Å². The normalized spacial score (nSPS) is 26.4. The maximum absolute atomic E-state index is 12.2. The van der Waals surface area contributed by atoms with Gasteiger partial charge >= 0.3 is 0 Å². The first kappa shape index (κ1) is 13.8. The van der Waals surface area contributed by atoms with E-state index in [-0.39, 0.29) is 11.9 Å². The van der Waals surface area contributed by atoms with Crippen molar-refractivity contribution in [2.75, 3.05) is 26.2 Å². The van der Waals surface area contributed by atoms with Crippen LogP contribution in [-0.4, -0.2) is 49.1 Å². The molecule has 0 saturated carbocycles. The van der Waals surface area contributed by atoms with Crippen molar-refractivity contribution in [2.45, 2.75) is 57.5 Å². The molecule has 2 fully saturated rings. The fourth-order valence-corrected chi connectivity index (χ4v) is 3.15. The highest BCUT2D eigenvalue weighted by Gasteiger charge is 2.35. The minimum atomic E-state index is 0.143. The monoisotopic (exact) mass is 253 g/mol. The Labute approximate surface area is 110 Å². The van der Waals surface area contributed by atoms with E-state index < -0.39 is 0 Å². The third-order valence-electron chi connectivity index (χ3n) is 4.20. The highest BCUT2D eigenvalue weighted by Crippen LogP contribution is 2.24. The van der Waals surface area contributed by atoms with Gasteiger partial charge in [0.1, 0.15) is 0 Å². The van der Waals surface area contributed by atoms with E-state index in [0.29, 0.717) is 6.04 Å². The molecule has 0 radical (unpaired) electrons. The molecule has 2 N–H and O–H groups in total. The van der Waals surface area contributed by atoms with Crippen molar-refractivity contribution in [3.63, 3.8) is 0 Å². The summed E-state index contributed by atoms with van der Waals surface area (Å²) in [4.78, 5) is 14.7. The maximum Gasteiger partial charge on any atom is 0.237 e. The first-order chi connectivity index (χ1) is 8.83. The molecule has 0 aromatic heterocycles. The Bertz CT molecular complexity index is 264. The van der Waals surface area contributed by atoms with Crippen molar-refractivity contribution < 1.29 is 4.79 Å². The zero-order chi connectivity index (χ0) is 12.8. The molecule has 2 heterocycles. The summed E-state index contributed by atoms with van der Waals surface area (Å²) in [6.07, 6.45) is 6.84. The summed E-state index contributed by atoms with van der Waals surface area (Å²) in [7, 11) is 0. The number of amides is 1. The van der Waals surface area contributed by atoms with Gasteiger partial charge in [-0.25, -0.2) is 0 Å². The summed E-state index contributed by atoms with van der Waals surface area (Å²) >= 11 is 0. The van der Waals surface area contributed by atoms with Gasteiger partial charge in [-0.05, 0) is 51.7 Å². The van der Waals surface area contributed by atoms with Crippen LogP contribution in [0.5, 0.6) is 0 Å². The van der Waals surface area contributed by atoms with Crippen LogP contribution in [-0.2, 0) is 4.79 Å². The summed E-state index contributed by atoms with van der Waals surface area (Å²) in [5.41, 5.74) is 0. The van der Waals surface area contributed by atoms with Crippen molar-refractivity contribution in [2.24, 2.45) is 0 Å². The number of piperidine rings is 1. The van der Waals surface area contributed by atoms with Gasteiger partial charge in [0.25, 0.3) is 0 Å². The van der Waals surface area contributed by atoms with Crippen LogP contribution in [0.4, 0.5) is 0 Å². The minimum absolute atomic E-state index is 0.143. The molecule has 1 amide bonds. The first-order valence-corrected chi connectivity index (χ1v) is 7.57. The SMILES string of the molecule is CCCCNC(=O)C1CCCN1C1CCNCC1. The Kier molecular flexibility index (Phi) is 5.45. The van der Waals surface area contributed by atoms with E-state index in [1.165, 1.54) is 19.3 Å². The number of unbranched alkanes of at least 4 members (excludes halogenated alkanes) is 1. The molecule has 0 bridgehead atoms. The van der Waals surface area contributed by atoms with Gasteiger partial charge < -0.3 is 10.6 Å². The fraction of sp³-hybridized carbons (Fsp3) is 0.929. The summed E-state index contributed by atoms with van der Waals surface area (Å²) < 4.78 is 0. The highest BCUT2D eigenvalue weighted by atomic mass is 16.2. The summed E-state index contributed by atoms with van der Waals surface area (Å²) in [5.74, 6) is 0.263. The lowest BCUT2D eigenvalue weighted by molar-refractivity contribution is -0.126. The Morgan fingerprint density at radius 1 is 1.33 bits per heavy atom. The molecule has 1 atom stereocenters. The molecule has 0 aliphatic carbocycles. The van der Waals surface area contributed by atoms with E-state index in [1.807, 2.05) is 0 Å². The van der Waals surface area contributed by atoms with Crippen molar-refractivity contribution in [3.05, 3.63) is 0 Å². The molecule has 2 aliphatic heterocycles. The van der Waals surface area contributed by atoms with Crippen LogP contribution in [0.15, 0.2) is 0 Å². The Balaban J connectivity index is 1.84. The lowest BCUT2D eigenvalue weighted by Gasteiger charge is -2.35. The zero-order valence-corrected chi connectivity index (χ0v) is 11.6. The van der Waals surface area contributed by atoms with Gasteiger partial charge in [-0.3, -0.25) is 9.69 Å². The van der Waals surface area contributed by atoms with Crippen LogP contribution < -0.4 is 10.6 Å². The van der Waals surface area contributed by atoms with E-state index in [2.05, 4.69) is 22.5 Å². The predicted octanol–water partition coefficient (Wildman–Crippen LogP) is 1.12. The largest absolute Gasteiger partial charge is 0.355 e. The predicted molar refractivity (Wildman–Crippen MR) is 73.5 cm³/mol. The molecule has 18 heavy (non-hydrogen) atoms. The molecule has 1 unspecified atom stereocenters. The second-order valence-electron chi connectivity index (χ2n) is 5.52. The molecule has 104 valence electrons. The molecular weight excluding hydrogens is 226 g/mol. The summed E-state index contributed by atoms with van der Waals surface area (Å²) in [5, 5.41) is 6.50. The number of likely N-dealkylation sites (tertiary alicyclic amines) is 1. The molecule has 2 saturated heterocycles. The fourth-order valence-electron chi connectivity index (χ4n) is 3.15. The van der Waals surface area contributed by atoms with E-state index in [0.717, 1.165) is 45.4 Å².